The number of hydrogen-bond donors (Lipinski definition) is 2. The first-order valence-electron chi connectivity index (χ1n) is 8.76. The van der Waals surface area contributed by atoms with Gasteiger partial charge in [0.05, 0.1) is 6.10 Å². The molecule has 2 amide bonds. The molecule has 0 fully saturated rings. The van der Waals surface area contributed by atoms with Gasteiger partial charge in [-0.3, -0.25) is 0 Å². The van der Waals surface area contributed by atoms with Crippen molar-refractivity contribution < 1.29 is 19.0 Å². The van der Waals surface area contributed by atoms with Gasteiger partial charge >= 0.3 is 6.03 Å². The maximum absolute atomic E-state index is 12.0. The number of hydrogen-bond acceptors (Lipinski definition) is 4. The summed E-state index contributed by atoms with van der Waals surface area (Å²) in [5.74, 6) is 2.27. The summed E-state index contributed by atoms with van der Waals surface area (Å²) in [6.07, 6.45) is 0.118. The SMILES string of the molecule is CC(C)Oc1cccc(CNC(=O)NCc2ccc3c(c2)OCCO3)c1. The van der Waals surface area contributed by atoms with Gasteiger partial charge in [0.15, 0.2) is 11.5 Å². The van der Waals surface area contributed by atoms with E-state index in [-0.39, 0.29) is 12.1 Å². The van der Waals surface area contributed by atoms with Crippen LogP contribution in [0, 0.1) is 0 Å². The summed E-state index contributed by atoms with van der Waals surface area (Å²) in [7, 11) is 0. The Morgan fingerprint density at radius 3 is 2.42 bits per heavy atom. The molecule has 6 nitrogen and oxygen atoms in total. The maximum atomic E-state index is 12.0. The molecule has 138 valence electrons. The molecule has 0 radical (unpaired) electrons. The highest BCUT2D eigenvalue weighted by atomic mass is 16.6. The second-order valence-corrected chi connectivity index (χ2v) is 6.33. The van der Waals surface area contributed by atoms with Gasteiger partial charge < -0.3 is 24.8 Å². The van der Waals surface area contributed by atoms with E-state index in [0.717, 1.165) is 28.4 Å². The molecule has 0 bridgehead atoms. The van der Waals surface area contributed by atoms with Gasteiger partial charge in [-0.25, -0.2) is 4.79 Å². The normalized spacial score (nSPS) is 12.6. The third-order valence-electron chi connectivity index (χ3n) is 3.78. The fourth-order valence-electron chi connectivity index (χ4n) is 2.63. The lowest BCUT2D eigenvalue weighted by molar-refractivity contribution is 0.171. The minimum absolute atomic E-state index is 0.118. The first-order valence-corrected chi connectivity index (χ1v) is 8.76. The first kappa shape index (κ1) is 17.9. The number of nitrogens with one attached hydrogen (secondary N) is 2. The van der Waals surface area contributed by atoms with Gasteiger partial charge in [-0.15, -0.1) is 0 Å². The highest BCUT2D eigenvalue weighted by Crippen LogP contribution is 2.30. The zero-order chi connectivity index (χ0) is 18.4. The predicted octanol–water partition coefficient (Wildman–Crippen LogP) is 3.24. The molecule has 1 aliphatic rings. The third kappa shape index (κ3) is 5.05. The molecule has 2 aromatic rings. The van der Waals surface area contributed by atoms with Gasteiger partial charge in [-0.1, -0.05) is 18.2 Å². The van der Waals surface area contributed by atoms with E-state index in [1.54, 1.807) is 0 Å². The van der Waals surface area contributed by atoms with Gasteiger partial charge in [0, 0.05) is 13.1 Å². The molecular formula is C20H24N2O4. The van der Waals surface area contributed by atoms with Crippen LogP contribution < -0.4 is 24.8 Å². The van der Waals surface area contributed by atoms with E-state index < -0.39 is 0 Å². The molecule has 26 heavy (non-hydrogen) atoms. The van der Waals surface area contributed by atoms with Crippen LogP contribution in [-0.2, 0) is 13.1 Å². The third-order valence-corrected chi connectivity index (χ3v) is 3.78. The Labute approximate surface area is 153 Å². The maximum Gasteiger partial charge on any atom is 0.315 e. The average molecular weight is 356 g/mol. The molecule has 1 heterocycles. The summed E-state index contributed by atoms with van der Waals surface area (Å²) in [5, 5.41) is 5.70. The zero-order valence-corrected chi connectivity index (χ0v) is 15.1. The van der Waals surface area contributed by atoms with E-state index in [1.165, 1.54) is 0 Å². The van der Waals surface area contributed by atoms with Crippen molar-refractivity contribution in [1.82, 2.24) is 10.6 Å². The van der Waals surface area contributed by atoms with Gasteiger partial charge in [0.1, 0.15) is 19.0 Å². The summed E-state index contributed by atoms with van der Waals surface area (Å²) in [5.41, 5.74) is 1.94. The number of carbonyl (C=O) groups is 1. The van der Waals surface area contributed by atoms with Gasteiger partial charge in [-0.2, -0.15) is 0 Å². The Morgan fingerprint density at radius 2 is 1.69 bits per heavy atom. The van der Waals surface area contributed by atoms with Gasteiger partial charge in [-0.05, 0) is 49.2 Å². The van der Waals surface area contributed by atoms with Gasteiger partial charge in [0.2, 0.25) is 0 Å². The molecule has 2 N–H and O–H groups in total. The standard InChI is InChI=1S/C20H24N2O4/c1-14(2)26-17-5-3-4-15(10-17)12-21-20(23)22-13-16-6-7-18-19(11-16)25-9-8-24-18/h3-7,10-11,14H,8-9,12-13H2,1-2H3,(H2,21,22,23). The predicted molar refractivity (Wildman–Crippen MR) is 98.7 cm³/mol. The molecule has 0 unspecified atom stereocenters. The molecule has 0 aromatic heterocycles. The number of carbonyl (C=O) groups excluding carboxylic acids is 1. The Hall–Kier alpha value is -2.89. The fraction of sp³-hybridized carbons (Fsp3) is 0.350. The summed E-state index contributed by atoms with van der Waals surface area (Å²) in [4.78, 5) is 12.0. The number of urea groups is 1. The van der Waals surface area contributed by atoms with E-state index in [4.69, 9.17) is 14.2 Å². The first-order chi connectivity index (χ1) is 12.6. The molecule has 2 aromatic carbocycles. The lowest BCUT2D eigenvalue weighted by Crippen LogP contribution is -2.34. The van der Waals surface area contributed by atoms with Crippen LogP contribution in [0.5, 0.6) is 17.2 Å². The van der Waals surface area contributed by atoms with E-state index in [9.17, 15) is 4.79 Å². The van der Waals surface area contributed by atoms with Crippen molar-refractivity contribution in [3.05, 3.63) is 53.6 Å². The summed E-state index contributed by atoms with van der Waals surface area (Å²) in [6, 6.07) is 13.2. The van der Waals surface area contributed by atoms with Crippen LogP contribution in [0.15, 0.2) is 42.5 Å². The molecule has 0 saturated carbocycles. The largest absolute Gasteiger partial charge is 0.491 e. The van der Waals surface area contributed by atoms with E-state index in [1.807, 2.05) is 56.3 Å². The summed E-state index contributed by atoms with van der Waals surface area (Å²) >= 11 is 0. The molecule has 3 rings (SSSR count). The summed E-state index contributed by atoms with van der Waals surface area (Å²) < 4.78 is 16.7. The minimum atomic E-state index is -0.227. The van der Waals surface area contributed by atoms with Gasteiger partial charge in [0.25, 0.3) is 0 Å². The lowest BCUT2D eigenvalue weighted by atomic mass is 10.2. The Kier molecular flexibility index (Phi) is 5.84. The molecular weight excluding hydrogens is 332 g/mol. The molecule has 6 heteroatoms. The number of rotatable bonds is 6. The number of ether oxygens (including phenoxy) is 3. The van der Waals surface area contributed by atoms with Crippen LogP contribution in [0.25, 0.3) is 0 Å². The number of benzene rings is 2. The quantitative estimate of drug-likeness (QED) is 0.834. The number of amides is 2. The van der Waals surface area contributed by atoms with Crippen LogP contribution in [0.1, 0.15) is 25.0 Å². The van der Waals surface area contributed by atoms with Crippen LogP contribution >= 0.6 is 0 Å². The second kappa shape index (κ2) is 8.47. The lowest BCUT2D eigenvalue weighted by Gasteiger charge is -2.19. The van der Waals surface area contributed by atoms with Crippen molar-refractivity contribution >= 4 is 6.03 Å². The fourth-order valence-corrected chi connectivity index (χ4v) is 2.63. The molecule has 1 aliphatic heterocycles. The average Bonchev–Trinajstić information content (AvgIpc) is 2.64. The van der Waals surface area contributed by atoms with Crippen molar-refractivity contribution in [2.45, 2.75) is 33.0 Å². The summed E-state index contributed by atoms with van der Waals surface area (Å²) in [6.45, 7) is 5.92. The van der Waals surface area contributed by atoms with E-state index in [0.29, 0.717) is 26.3 Å². The van der Waals surface area contributed by atoms with E-state index >= 15 is 0 Å². The van der Waals surface area contributed by atoms with E-state index in [2.05, 4.69) is 10.6 Å². The van der Waals surface area contributed by atoms with Crippen LogP contribution in [0.2, 0.25) is 0 Å². The molecule has 0 aliphatic carbocycles. The Morgan fingerprint density at radius 1 is 1.00 bits per heavy atom. The minimum Gasteiger partial charge on any atom is -0.491 e. The zero-order valence-electron chi connectivity index (χ0n) is 15.1. The molecule has 0 saturated heterocycles. The van der Waals surface area contributed by atoms with Crippen molar-refractivity contribution in [3.8, 4) is 17.2 Å². The van der Waals surface area contributed by atoms with Crippen molar-refractivity contribution in [3.63, 3.8) is 0 Å². The smallest absolute Gasteiger partial charge is 0.315 e. The monoisotopic (exact) mass is 356 g/mol. The van der Waals surface area contributed by atoms with Crippen molar-refractivity contribution in [2.24, 2.45) is 0 Å². The Bertz CT molecular complexity index is 761. The second-order valence-electron chi connectivity index (χ2n) is 6.33. The highest BCUT2D eigenvalue weighted by molar-refractivity contribution is 5.73. The Balaban J connectivity index is 1.47. The van der Waals surface area contributed by atoms with Crippen molar-refractivity contribution in [1.29, 1.82) is 0 Å². The topological polar surface area (TPSA) is 68.8 Å². The van der Waals surface area contributed by atoms with Crippen LogP contribution in [0.4, 0.5) is 4.79 Å². The van der Waals surface area contributed by atoms with Crippen LogP contribution in [0.3, 0.4) is 0 Å². The molecule has 0 spiro atoms. The van der Waals surface area contributed by atoms with Crippen molar-refractivity contribution in [2.75, 3.05) is 13.2 Å². The number of fused-ring (bicyclic) bond motifs is 1. The van der Waals surface area contributed by atoms with Crippen LogP contribution in [-0.4, -0.2) is 25.3 Å². The molecule has 0 atom stereocenters. The highest BCUT2D eigenvalue weighted by Gasteiger charge is 2.12.